The summed E-state index contributed by atoms with van der Waals surface area (Å²) < 4.78 is 0. The van der Waals surface area contributed by atoms with Gasteiger partial charge >= 0.3 is 6.03 Å². The third-order valence-electron chi connectivity index (χ3n) is 4.22. The molecule has 6 heteroatoms. The zero-order valence-corrected chi connectivity index (χ0v) is 15.0. The molecule has 0 fully saturated rings. The number of benzene rings is 3. The third kappa shape index (κ3) is 3.64. The molecule has 0 atom stereocenters. The lowest BCUT2D eigenvalue weighted by molar-refractivity contribution is 0.259. The second kappa shape index (κ2) is 7.23. The van der Waals surface area contributed by atoms with Crippen molar-refractivity contribution in [3.63, 3.8) is 0 Å². The van der Waals surface area contributed by atoms with Gasteiger partial charge in [0, 0.05) is 12.7 Å². The van der Waals surface area contributed by atoms with E-state index >= 15 is 0 Å². The number of hydrogen-bond acceptors (Lipinski definition) is 4. The van der Waals surface area contributed by atoms with Gasteiger partial charge in [-0.25, -0.2) is 4.79 Å². The monoisotopic (exact) mass is 347 g/mol. The predicted octanol–water partition coefficient (Wildman–Crippen LogP) is 5.40. The number of aryl methyl sites for hydroxylation is 2. The highest BCUT2D eigenvalue weighted by atomic mass is 16.2. The van der Waals surface area contributed by atoms with Crippen molar-refractivity contribution in [2.24, 2.45) is 16.0 Å². The van der Waals surface area contributed by atoms with Crippen molar-refractivity contribution >= 4 is 39.6 Å². The number of rotatable bonds is 4. The number of fused-ring (bicyclic) bond motifs is 1. The first-order valence-corrected chi connectivity index (χ1v) is 8.28. The SMILES string of the molecule is CNc1ccc(N=Nc2cc(C)c3cccc(C)c3c2)c(NC(N)=O)c1. The number of carbonyl (C=O) groups excluding carboxylic acids is 1. The van der Waals surface area contributed by atoms with Gasteiger partial charge in [0.1, 0.15) is 5.69 Å². The first-order valence-electron chi connectivity index (χ1n) is 8.28. The first-order chi connectivity index (χ1) is 12.5. The van der Waals surface area contributed by atoms with Crippen LogP contribution in [0.3, 0.4) is 0 Å². The summed E-state index contributed by atoms with van der Waals surface area (Å²) >= 11 is 0. The summed E-state index contributed by atoms with van der Waals surface area (Å²) in [4.78, 5) is 11.2. The van der Waals surface area contributed by atoms with Crippen molar-refractivity contribution in [3.05, 3.63) is 59.7 Å². The van der Waals surface area contributed by atoms with Crippen molar-refractivity contribution in [2.45, 2.75) is 13.8 Å². The molecule has 0 aliphatic carbocycles. The number of carbonyl (C=O) groups is 1. The quantitative estimate of drug-likeness (QED) is 0.551. The zero-order valence-electron chi connectivity index (χ0n) is 15.0. The van der Waals surface area contributed by atoms with E-state index in [-0.39, 0.29) is 0 Å². The number of nitrogens with zero attached hydrogens (tertiary/aromatic N) is 2. The summed E-state index contributed by atoms with van der Waals surface area (Å²) in [6, 6.07) is 15.0. The highest BCUT2D eigenvalue weighted by Crippen LogP contribution is 2.32. The van der Waals surface area contributed by atoms with Gasteiger partial charge in [-0.1, -0.05) is 18.2 Å². The normalized spacial score (nSPS) is 11.0. The van der Waals surface area contributed by atoms with Crippen LogP contribution in [0, 0.1) is 13.8 Å². The van der Waals surface area contributed by atoms with Crippen LogP contribution >= 0.6 is 0 Å². The second-order valence-corrected chi connectivity index (χ2v) is 6.10. The summed E-state index contributed by atoms with van der Waals surface area (Å²) in [5, 5.41) is 16.6. The van der Waals surface area contributed by atoms with E-state index in [1.807, 2.05) is 18.2 Å². The van der Waals surface area contributed by atoms with Gasteiger partial charge in [0.25, 0.3) is 0 Å². The van der Waals surface area contributed by atoms with Crippen LogP contribution in [0.5, 0.6) is 0 Å². The lowest BCUT2D eigenvalue weighted by atomic mass is 10.0. The zero-order chi connectivity index (χ0) is 18.7. The fourth-order valence-corrected chi connectivity index (χ4v) is 2.89. The Kier molecular flexibility index (Phi) is 4.84. The van der Waals surface area contributed by atoms with Gasteiger partial charge in [-0.3, -0.25) is 0 Å². The fourth-order valence-electron chi connectivity index (χ4n) is 2.89. The molecule has 0 heterocycles. The molecule has 132 valence electrons. The van der Waals surface area contributed by atoms with Crippen LogP contribution in [-0.4, -0.2) is 13.1 Å². The highest BCUT2D eigenvalue weighted by Gasteiger charge is 2.06. The fraction of sp³-hybridized carbons (Fsp3) is 0.150. The molecule has 26 heavy (non-hydrogen) atoms. The number of urea groups is 1. The molecule has 6 nitrogen and oxygen atoms in total. The molecular formula is C20H21N5O. The number of nitrogens with one attached hydrogen (secondary N) is 2. The van der Waals surface area contributed by atoms with Crippen LogP contribution in [0.2, 0.25) is 0 Å². The Bertz CT molecular complexity index is 1010. The average Bonchev–Trinajstić information content (AvgIpc) is 2.61. The molecule has 2 amide bonds. The Hall–Kier alpha value is -3.41. The van der Waals surface area contributed by atoms with Crippen LogP contribution in [-0.2, 0) is 0 Å². The minimum absolute atomic E-state index is 0.502. The van der Waals surface area contributed by atoms with E-state index in [1.54, 1.807) is 19.2 Å². The largest absolute Gasteiger partial charge is 0.388 e. The number of primary amides is 1. The Labute approximate surface area is 152 Å². The predicted molar refractivity (Wildman–Crippen MR) is 107 cm³/mol. The molecule has 0 aromatic heterocycles. The molecule has 0 bridgehead atoms. The van der Waals surface area contributed by atoms with Gasteiger partial charge in [-0.05, 0) is 66.1 Å². The van der Waals surface area contributed by atoms with Gasteiger partial charge in [0.05, 0.1) is 11.4 Å². The highest BCUT2D eigenvalue weighted by molar-refractivity contribution is 5.92. The molecule has 3 rings (SSSR count). The minimum Gasteiger partial charge on any atom is -0.388 e. The van der Waals surface area contributed by atoms with Crippen LogP contribution in [0.1, 0.15) is 11.1 Å². The molecule has 0 saturated heterocycles. The number of nitrogens with two attached hydrogens (primary N) is 1. The van der Waals surface area contributed by atoms with Crippen LogP contribution in [0.15, 0.2) is 58.8 Å². The topological polar surface area (TPSA) is 91.9 Å². The molecule has 0 aliphatic rings. The molecule has 0 unspecified atom stereocenters. The number of anilines is 2. The van der Waals surface area contributed by atoms with E-state index in [0.717, 1.165) is 22.3 Å². The van der Waals surface area contributed by atoms with Gasteiger partial charge in [0.2, 0.25) is 0 Å². The summed E-state index contributed by atoms with van der Waals surface area (Å²) in [5.74, 6) is 0. The molecule has 0 spiro atoms. The van der Waals surface area contributed by atoms with E-state index in [9.17, 15) is 4.79 Å². The number of hydrogen-bond donors (Lipinski definition) is 3. The standard InChI is InChI=1S/C20H21N5O/c1-12-5-4-6-16-13(2)9-15(10-17(12)16)24-25-18-8-7-14(22-3)11-19(18)23-20(21)26/h4-11,22H,1-3H3,(H3,21,23,26). The maximum absolute atomic E-state index is 11.2. The second-order valence-electron chi connectivity index (χ2n) is 6.10. The summed E-state index contributed by atoms with van der Waals surface area (Å²) in [5.41, 5.74) is 10.2. The van der Waals surface area contributed by atoms with Crippen molar-refractivity contribution in [2.75, 3.05) is 17.7 Å². The van der Waals surface area contributed by atoms with E-state index in [2.05, 4.69) is 52.9 Å². The Morgan fingerprint density at radius 2 is 1.77 bits per heavy atom. The van der Waals surface area contributed by atoms with Gasteiger partial charge in [-0.15, -0.1) is 5.11 Å². The lowest BCUT2D eigenvalue weighted by Crippen LogP contribution is -2.19. The Morgan fingerprint density at radius 1 is 0.962 bits per heavy atom. The summed E-state index contributed by atoms with van der Waals surface area (Å²) in [6.07, 6.45) is 0. The van der Waals surface area contributed by atoms with Crippen molar-refractivity contribution in [1.29, 1.82) is 0 Å². The smallest absolute Gasteiger partial charge is 0.316 e. The van der Waals surface area contributed by atoms with Crippen molar-refractivity contribution in [3.8, 4) is 0 Å². The molecule has 3 aromatic carbocycles. The first kappa shape index (κ1) is 17.4. The van der Waals surface area contributed by atoms with Gasteiger partial charge in [0.15, 0.2) is 0 Å². The molecular weight excluding hydrogens is 326 g/mol. The van der Waals surface area contributed by atoms with Gasteiger partial charge < -0.3 is 16.4 Å². The van der Waals surface area contributed by atoms with E-state index in [0.29, 0.717) is 11.4 Å². The van der Waals surface area contributed by atoms with Crippen LogP contribution in [0.4, 0.5) is 27.5 Å². The van der Waals surface area contributed by atoms with Crippen LogP contribution < -0.4 is 16.4 Å². The summed E-state index contributed by atoms with van der Waals surface area (Å²) in [7, 11) is 1.80. The minimum atomic E-state index is -0.646. The van der Waals surface area contributed by atoms with E-state index in [4.69, 9.17) is 5.73 Å². The van der Waals surface area contributed by atoms with Crippen molar-refractivity contribution < 1.29 is 4.79 Å². The lowest BCUT2D eigenvalue weighted by Gasteiger charge is -2.09. The Balaban J connectivity index is 2.01. The molecule has 3 aromatic rings. The van der Waals surface area contributed by atoms with Gasteiger partial charge in [-0.2, -0.15) is 5.11 Å². The van der Waals surface area contributed by atoms with E-state index in [1.165, 1.54) is 10.9 Å². The maximum atomic E-state index is 11.2. The number of amides is 2. The van der Waals surface area contributed by atoms with Crippen molar-refractivity contribution in [1.82, 2.24) is 0 Å². The Morgan fingerprint density at radius 3 is 2.50 bits per heavy atom. The summed E-state index contributed by atoms with van der Waals surface area (Å²) in [6.45, 7) is 4.14. The van der Waals surface area contributed by atoms with E-state index < -0.39 is 6.03 Å². The average molecular weight is 347 g/mol. The number of azo groups is 1. The molecule has 0 saturated carbocycles. The molecule has 0 aliphatic heterocycles. The molecule has 0 radical (unpaired) electrons. The third-order valence-corrected chi connectivity index (χ3v) is 4.22. The van der Waals surface area contributed by atoms with Crippen LogP contribution in [0.25, 0.3) is 10.8 Å². The maximum Gasteiger partial charge on any atom is 0.316 e. The molecule has 4 N–H and O–H groups in total.